The van der Waals surface area contributed by atoms with Crippen molar-refractivity contribution in [1.29, 1.82) is 5.26 Å². The maximum atomic E-state index is 14.5. The number of fused-ring (bicyclic) bond motifs is 3. The van der Waals surface area contributed by atoms with Crippen molar-refractivity contribution < 1.29 is 4.39 Å². The molecule has 0 spiro atoms. The Labute approximate surface area is 234 Å². The molecule has 8 nitrogen and oxygen atoms in total. The molecular weight excluding hydrogens is 503 g/mol. The van der Waals surface area contributed by atoms with Gasteiger partial charge in [0.1, 0.15) is 11.9 Å². The first-order valence-corrected chi connectivity index (χ1v) is 14.1. The van der Waals surface area contributed by atoms with Gasteiger partial charge in [0.2, 0.25) is 0 Å². The van der Waals surface area contributed by atoms with Crippen LogP contribution in [-0.2, 0) is 18.3 Å². The van der Waals surface area contributed by atoms with Crippen LogP contribution < -0.4 is 10.6 Å². The van der Waals surface area contributed by atoms with Gasteiger partial charge in [0.05, 0.1) is 11.5 Å². The van der Waals surface area contributed by atoms with E-state index in [1.165, 1.54) is 11.6 Å². The van der Waals surface area contributed by atoms with Gasteiger partial charge in [0.25, 0.3) is 0 Å². The van der Waals surface area contributed by atoms with E-state index in [9.17, 15) is 9.65 Å². The molecule has 206 valence electrons. The third-order valence-corrected chi connectivity index (χ3v) is 8.87. The quantitative estimate of drug-likeness (QED) is 0.337. The molecule has 2 aliphatic carbocycles. The molecule has 3 aliphatic rings. The molecule has 1 aliphatic heterocycles. The average molecular weight is 539 g/mol. The largest absolute Gasteiger partial charge is 0.385 e. The van der Waals surface area contributed by atoms with Crippen molar-refractivity contribution in [3.05, 3.63) is 94.7 Å². The molecule has 2 fully saturated rings. The van der Waals surface area contributed by atoms with Crippen LogP contribution in [0.25, 0.3) is 5.70 Å². The fraction of sp³-hybridized carbons (Fsp3) is 0.419. The maximum Gasteiger partial charge on any atom is 0.163 e. The number of aryl methyl sites for hydroxylation is 2. The number of likely N-dealkylation sites (tertiary alicyclic amines) is 1. The second-order valence-corrected chi connectivity index (χ2v) is 11.2. The number of nitrogens with zero attached hydrogens (tertiary/aromatic N) is 5. The zero-order valence-corrected chi connectivity index (χ0v) is 22.9. The summed E-state index contributed by atoms with van der Waals surface area (Å²) in [6.45, 7) is 12.6. The Hall–Kier alpha value is -4.03. The number of benzene rings is 2. The van der Waals surface area contributed by atoms with Crippen LogP contribution in [0.2, 0.25) is 0 Å². The predicted molar refractivity (Wildman–Crippen MR) is 151 cm³/mol. The Balaban J connectivity index is 1.34. The summed E-state index contributed by atoms with van der Waals surface area (Å²) in [4.78, 5) is 2.21. The second-order valence-electron chi connectivity index (χ2n) is 11.2. The molecule has 2 aromatic carbocycles. The lowest BCUT2D eigenvalue weighted by atomic mass is 9.69. The Morgan fingerprint density at radius 1 is 1.18 bits per heavy atom. The summed E-state index contributed by atoms with van der Waals surface area (Å²) < 4.78 is 14.5. The van der Waals surface area contributed by atoms with E-state index in [1.54, 1.807) is 6.07 Å². The number of nitrogens with one attached hydrogen (secondary N) is 3. The van der Waals surface area contributed by atoms with Crippen LogP contribution in [0.15, 0.2) is 55.3 Å². The minimum absolute atomic E-state index is 0.0775. The molecule has 1 saturated heterocycles. The van der Waals surface area contributed by atoms with Gasteiger partial charge in [-0.2, -0.15) is 5.26 Å². The number of rotatable bonds is 10. The fourth-order valence-electron chi connectivity index (χ4n) is 6.93. The van der Waals surface area contributed by atoms with E-state index in [-0.39, 0.29) is 11.9 Å². The summed E-state index contributed by atoms with van der Waals surface area (Å²) in [7, 11) is 0. The van der Waals surface area contributed by atoms with Crippen molar-refractivity contribution in [3.8, 4) is 6.07 Å². The molecule has 9 heteroatoms. The number of tetrazole rings is 1. The standard InChI is InChI=1S/C31H35FN8/c1-4-35-20(3)21-7-9-27-22(13-21)5-6-23-14-25(32)8-10-28(23)31(27,30-36-38-39-37-30)11-12-34-18-19(2)40-26(17-33)15-24-16-29(24)40/h7-10,13-14,24,26,29,34-35H,2-6,11-12,15-16,18H2,1H3,(H,36,37,38,39)/t24-,26?,29+,31?/m1/s1. The molecule has 1 aromatic heterocycles. The van der Waals surface area contributed by atoms with Gasteiger partial charge in [0, 0.05) is 30.5 Å². The van der Waals surface area contributed by atoms with E-state index in [0.717, 1.165) is 59.5 Å². The highest BCUT2D eigenvalue weighted by atomic mass is 19.1. The van der Waals surface area contributed by atoms with Crippen LogP contribution in [0.4, 0.5) is 4.39 Å². The lowest BCUT2D eigenvalue weighted by Crippen LogP contribution is -2.38. The van der Waals surface area contributed by atoms with E-state index >= 15 is 0 Å². The van der Waals surface area contributed by atoms with Crippen molar-refractivity contribution in [1.82, 2.24) is 36.2 Å². The summed E-state index contributed by atoms with van der Waals surface area (Å²) >= 11 is 0. The highest BCUT2D eigenvalue weighted by Gasteiger charge is 2.52. The van der Waals surface area contributed by atoms with Gasteiger partial charge in [-0.15, -0.1) is 5.10 Å². The number of nitriles is 1. The fourth-order valence-corrected chi connectivity index (χ4v) is 6.93. The summed E-state index contributed by atoms with van der Waals surface area (Å²) in [5.74, 6) is 1.02. The maximum absolute atomic E-state index is 14.5. The van der Waals surface area contributed by atoms with Gasteiger partial charge in [-0.05, 0) is 108 Å². The first kappa shape index (κ1) is 26.2. The normalized spacial score (nSPS) is 24.3. The Morgan fingerprint density at radius 3 is 2.67 bits per heavy atom. The van der Waals surface area contributed by atoms with Crippen LogP contribution in [0.5, 0.6) is 0 Å². The molecule has 40 heavy (non-hydrogen) atoms. The van der Waals surface area contributed by atoms with Crippen LogP contribution >= 0.6 is 0 Å². The monoisotopic (exact) mass is 538 g/mol. The van der Waals surface area contributed by atoms with Crippen LogP contribution in [-0.4, -0.2) is 57.2 Å². The number of hydrogen-bond acceptors (Lipinski definition) is 7. The Bertz CT molecular complexity index is 1470. The number of hydrogen-bond donors (Lipinski definition) is 3. The lowest BCUT2D eigenvalue weighted by Gasteiger charge is -2.35. The topological polar surface area (TPSA) is 106 Å². The Morgan fingerprint density at radius 2 is 1.95 bits per heavy atom. The number of H-pyrrole nitrogens is 1. The van der Waals surface area contributed by atoms with E-state index in [4.69, 9.17) is 0 Å². The van der Waals surface area contributed by atoms with Crippen molar-refractivity contribution in [2.24, 2.45) is 5.92 Å². The highest BCUT2D eigenvalue weighted by Crippen LogP contribution is 2.49. The van der Waals surface area contributed by atoms with Crippen LogP contribution in [0.1, 0.15) is 59.8 Å². The number of aromatic amines is 1. The zero-order valence-electron chi connectivity index (χ0n) is 22.9. The van der Waals surface area contributed by atoms with Gasteiger partial charge in [-0.1, -0.05) is 31.4 Å². The van der Waals surface area contributed by atoms with Gasteiger partial charge in [0.15, 0.2) is 5.82 Å². The summed E-state index contributed by atoms with van der Waals surface area (Å²) in [5, 5.41) is 31.9. The van der Waals surface area contributed by atoms with Crippen molar-refractivity contribution in [2.75, 3.05) is 19.6 Å². The lowest BCUT2D eigenvalue weighted by molar-refractivity contribution is 0.316. The Kier molecular flexibility index (Phi) is 6.88. The zero-order chi connectivity index (χ0) is 27.9. The predicted octanol–water partition coefficient (Wildman–Crippen LogP) is 3.83. The van der Waals surface area contributed by atoms with Gasteiger partial charge < -0.3 is 15.5 Å². The summed E-state index contributed by atoms with van der Waals surface area (Å²) in [6, 6.07) is 14.3. The van der Waals surface area contributed by atoms with Crippen LogP contribution in [0, 0.1) is 23.1 Å². The number of halogens is 1. The number of aromatic nitrogens is 4. The van der Waals surface area contributed by atoms with Crippen LogP contribution in [0.3, 0.4) is 0 Å². The van der Waals surface area contributed by atoms with E-state index in [1.807, 2.05) is 6.07 Å². The first-order chi connectivity index (χ1) is 19.5. The van der Waals surface area contributed by atoms with E-state index in [2.05, 4.69) is 80.5 Å². The molecule has 6 rings (SSSR count). The van der Waals surface area contributed by atoms with E-state index in [0.29, 0.717) is 43.7 Å². The summed E-state index contributed by atoms with van der Waals surface area (Å²) in [6.07, 6.45) is 4.21. The third kappa shape index (κ3) is 4.46. The summed E-state index contributed by atoms with van der Waals surface area (Å²) in [5.41, 5.74) is 6.40. The highest BCUT2D eigenvalue weighted by molar-refractivity contribution is 5.65. The van der Waals surface area contributed by atoms with Gasteiger partial charge in [-0.3, -0.25) is 0 Å². The molecule has 3 N–H and O–H groups in total. The molecular formula is C31H35FN8. The molecule has 4 atom stereocenters. The SMILES string of the molecule is C=C(NCC)c1ccc2c(c1)CCc1cc(F)ccc1C2(CCNCC(=C)N1C(C#N)C[C@@H]2C[C@@H]21)c1nnn[nH]1. The minimum atomic E-state index is -0.713. The van der Waals surface area contributed by atoms with Gasteiger partial charge in [-0.25, -0.2) is 9.49 Å². The molecule has 0 bridgehead atoms. The van der Waals surface area contributed by atoms with Crippen molar-refractivity contribution in [3.63, 3.8) is 0 Å². The molecule has 1 saturated carbocycles. The molecule has 2 heterocycles. The average Bonchev–Trinajstić information content (AvgIpc) is 3.35. The smallest absolute Gasteiger partial charge is 0.163 e. The van der Waals surface area contributed by atoms with Crippen molar-refractivity contribution >= 4 is 5.70 Å². The minimum Gasteiger partial charge on any atom is -0.385 e. The third-order valence-electron chi connectivity index (χ3n) is 8.87. The van der Waals surface area contributed by atoms with Gasteiger partial charge >= 0.3 is 0 Å². The van der Waals surface area contributed by atoms with Crippen molar-refractivity contribution in [2.45, 2.75) is 56.5 Å². The molecule has 3 aromatic rings. The first-order valence-electron chi connectivity index (χ1n) is 14.1. The van der Waals surface area contributed by atoms with E-state index < -0.39 is 5.41 Å². The second kappa shape index (κ2) is 10.5. The molecule has 0 radical (unpaired) electrons. The molecule has 0 amide bonds. The molecule has 2 unspecified atom stereocenters. The number of piperidine rings is 1.